The number of fused-ring (bicyclic) bond motifs is 2. The van der Waals surface area contributed by atoms with Gasteiger partial charge in [-0.15, -0.1) is 5.10 Å². The molecular weight excluding hydrogens is 486 g/mol. The van der Waals surface area contributed by atoms with Crippen LogP contribution in [0.1, 0.15) is 47.2 Å². The summed E-state index contributed by atoms with van der Waals surface area (Å²) in [6.07, 6.45) is 8.95. The van der Waals surface area contributed by atoms with Gasteiger partial charge in [-0.05, 0) is 71.2 Å². The minimum Gasteiger partial charge on any atom is -0.315 e. The molecule has 1 atom stereocenters. The second-order valence-electron chi connectivity index (χ2n) is 10.8. The number of benzene rings is 5. The van der Waals surface area contributed by atoms with Gasteiger partial charge in [-0.1, -0.05) is 109 Å². The van der Waals surface area contributed by atoms with Crippen molar-refractivity contribution in [1.82, 2.24) is 0 Å². The smallest absolute Gasteiger partial charge is 0.161 e. The number of hydrazone groups is 1. The lowest BCUT2D eigenvalue weighted by atomic mass is 9.80. The van der Waals surface area contributed by atoms with E-state index >= 15 is 0 Å². The van der Waals surface area contributed by atoms with Crippen LogP contribution in [0.4, 0.5) is 17.1 Å². The number of hydrogen-bond acceptors (Lipinski definition) is 3. The minimum absolute atomic E-state index is 0.0692. The second-order valence-corrected chi connectivity index (χ2v) is 10.8. The van der Waals surface area contributed by atoms with Crippen molar-refractivity contribution in [3.63, 3.8) is 0 Å². The molecule has 0 fully saturated rings. The predicted molar refractivity (Wildman–Crippen MR) is 168 cm³/mol. The van der Waals surface area contributed by atoms with Gasteiger partial charge in [0.1, 0.15) is 0 Å². The molecule has 3 heteroatoms. The molecule has 3 aliphatic rings. The number of anilines is 3. The predicted octanol–water partition coefficient (Wildman–Crippen LogP) is 9.28. The molecular formula is C37H29N3. The monoisotopic (exact) mass is 515 g/mol. The SMILES string of the molecule is CC(c1ccccc1)N1C(c2ccccc2)=NN(c2ccccc2)c2cc3c4c5c(ccc4c21)C=CCC5=CC3. The highest BCUT2D eigenvalue weighted by Crippen LogP contribution is 2.51. The first-order valence-electron chi connectivity index (χ1n) is 14.1. The fourth-order valence-corrected chi connectivity index (χ4v) is 6.60. The van der Waals surface area contributed by atoms with E-state index in [4.69, 9.17) is 5.10 Å². The summed E-state index contributed by atoms with van der Waals surface area (Å²) in [6, 6.07) is 39.1. The van der Waals surface area contributed by atoms with Crippen molar-refractivity contribution in [3.8, 4) is 0 Å². The topological polar surface area (TPSA) is 18.8 Å². The van der Waals surface area contributed by atoms with E-state index in [2.05, 4.69) is 144 Å². The van der Waals surface area contributed by atoms with Gasteiger partial charge in [0.2, 0.25) is 0 Å². The van der Waals surface area contributed by atoms with Crippen molar-refractivity contribution < 1.29 is 0 Å². The first-order chi connectivity index (χ1) is 19.8. The standard InChI is InChI=1S/C37H29N3/c1-25(26-12-5-2-6-13-26)39-36-32-23-22-28-17-11-16-27-20-21-30(35(32)34(27)28)24-33(36)40(31-18-9-4-10-19-31)38-37(39)29-14-7-3-8-15-29/h2-15,17-20,22-25H,16,21H2,1H3. The van der Waals surface area contributed by atoms with Crippen molar-refractivity contribution in [3.05, 3.63) is 149 Å². The summed E-state index contributed by atoms with van der Waals surface area (Å²) in [5, 5.41) is 10.3. The van der Waals surface area contributed by atoms with E-state index in [1.165, 1.54) is 44.3 Å². The van der Waals surface area contributed by atoms with Gasteiger partial charge >= 0.3 is 0 Å². The maximum absolute atomic E-state index is 5.42. The molecule has 0 saturated heterocycles. The fraction of sp³-hybridized carbons (Fsp3) is 0.108. The van der Waals surface area contributed by atoms with Crippen LogP contribution < -0.4 is 9.91 Å². The molecule has 0 spiro atoms. The van der Waals surface area contributed by atoms with Crippen LogP contribution in [-0.2, 0) is 6.42 Å². The molecule has 0 saturated carbocycles. The third-order valence-electron chi connectivity index (χ3n) is 8.49. The van der Waals surface area contributed by atoms with Gasteiger partial charge in [-0.3, -0.25) is 0 Å². The van der Waals surface area contributed by atoms with Gasteiger partial charge in [-0.2, -0.15) is 0 Å². The number of para-hydroxylation sites is 1. The quantitative estimate of drug-likeness (QED) is 0.237. The van der Waals surface area contributed by atoms with Crippen LogP contribution in [0.3, 0.4) is 0 Å². The first-order valence-corrected chi connectivity index (χ1v) is 14.1. The Kier molecular flexibility index (Phi) is 5.24. The summed E-state index contributed by atoms with van der Waals surface area (Å²) >= 11 is 0. The van der Waals surface area contributed by atoms with E-state index in [9.17, 15) is 0 Å². The number of allylic oxidation sites excluding steroid dienone is 3. The Morgan fingerprint density at radius 3 is 2.27 bits per heavy atom. The third-order valence-corrected chi connectivity index (χ3v) is 8.49. The van der Waals surface area contributed by atoms with E-state index in [0.29, 0.717) is 0 Å². The summed E-state index contributed by atoms with van der Waals surface area (Å²) in [4.78, 5) is 2.47. The van der Waals surface area contributed by atoms with E-state index in [1.807, 2.05) is 0 Å². The number of nitrogens with zero attached hydrogens (tertiary/aromatic N) is 3. The lowest BCUT2D eigenvalue weighted by Crippen LogP contribution is -2.40. The number of rotatable bonds is 4. The Bertz CT molecular complexity index is 1850. The first kappa shape index (κ1) is 23.0. The molecule has 192 valence electrons. The Morgan fingerprint density at radius 1 is 0.775 bits per heavy atom. The third kappa shape index (κ3) is 3.48. The van der Waals surface area contributed by atoms with Crippen LogP contribution in [0, 0.1) is 0 Å². The molecule has 1 aliphatic heterocycles. The van der Waals surface area contributed by atoms with Crippen LogP contribution in [-0.4, -0.2) is 5.84 Å². The van der Waals surface area contributed by atoms with Gasteiger partial charge in [0.05, 0.1) is 23.1 Å². The van der Waals surface area contributed by atoms with Crippen LogP contribution >= 0.6 is 0 Å². The van der Waals surface area contributed by atoms with E-state index in [-0.39, 0.29) is 6.04 Å². The fourth-order valence-electron chi connectivity index (χ4n) is 6.60. The molecule has 3 nitrogen and oxygen atoms in total. The Balaban J connectivity index is 1.48. The summed E-state index contributed by atoms with van der Waals surface area (Å²) in [5.74, 6) is 0.952. The number of amidine groups is 1. The molecule has 0 aromatic heterocycles. The van der Waals surface area contributed by atoms with Gasteiger partial charge in [0.15, 0.2) is 5.84 Å². The van der Waals surface area contributed by atoms with E-state index < -0.39 is 0 Å². The molecule has 2 aliphatic carbocycles. The molecule has 0 radical (unpaired) electrons. The molecule has 0 N–H and O–H groups in total. The molecule has 1 unspecified atom stereocenters. The maximum atomic E-state index is 5.42. The normalized spacial score (nSPS) is 15.9. The van der Waals surface area contributed by atoms with E-state index in [0.717, 1.165) is 35.6 Å². The zero-order chi connectivity index (χ0) is 26.6. The van der Waals surface area contributed by atoms with Gasteiger partial charge in [0.25, 0.3) is 0 Å². The molecule has 0 amide bonds. The molecule has 1 heterocycles. The summed E-state index contributed by atoms with van der Waals surface area (Å²) in [5.41, 5.74) is 11.3. The molecule has 5 aromatic rings. The average molecular weight is 516 g/mol. The zero-order valence-electron chi connectivity index (χ0n) is 22.5. The molecule has 0 bridgehead atoms. The lowest BCUT2D eigenvalue weighted by Gasteiger charge is -2.41. The zero-order valence-corrected chi connectivity index (χ0v) is 22.5. The van der Waals surface area contributed by atoms with Crippen molar-refractivity contribution in [2.75, 3.05) is 9.91 Å². The Hall–Kier alpha value is -4.89. The second kappa shape index (κ2) is 9.10. The van der Waals surface area contributed by atoms with Crippen LogP contribution in [0.2, 0.25) is 0 Å². The highest BCUT2D eigenvalue weighted by Gasteiger charge is 2.35. The lowest BCUT2D eigenvalue weighted by molar-refractivity contribution is 0.780. The van der Waals surface area contributed by atoms with Crippen molar-refractivity contribution in [1.29, 1.82) is 0 Å². The van der Waals surface area contributed by atoms with Crippen molar-refractivity contribution >= 4 is 45.3 Å². The summed E-state index contributed by atoms with van der Waals surface area (Å²) < 4.78 is 0. The Labute approximate surface area is 235 Å². The van der Waals surface area contributed by atoms with Crippen LogP contribution in [0.25, 0.3) is 22.4 Å². The van der Waals surface area contributed by atoms with Gasteiger partial charge in [0, 0.05) is 10.9 Å². The van der Waals surface area contributed by atoms with E-state index in [1.54, 1.807) is 0 Å². The molecule has 40 heavy (non-hydrogen) atoms. The maximum Gasteiger partial charge on any atom is 0.161 e. The molecule has 8 rings (SSSR count). The van der Waals surface area contributed by atoms with Crippen LogP contribution in [0.5, 0.6) is 0 Å². The average Bonchev–Trinajstić information content (AvgIpc) is 3.03. The highest BCUT2D eigenvalue weighted by molar-refractivity contribution is 6.21. The summed E-state index contributed by atoms with van der Waals surface area (Å²) in [6.45, 7) is 2.30. The van der Waals surface area contributed by atoms with Crippen molar-refractivity contribution in [2.24, 2.45) is 5.10 Å². The van der Waals surface area contributed by atoms with Gasteiger partial charge < -0.3 is 4.90 Å². The highest BCUT2D eigenvalue weighted by atomic mass is 15.5. The minimum atomic E-state index is 0.0692. The summed E-state index contributed by atoms with van der Waals surface area (Å²) in [7, 11) is 0. The van der Waals surface area contributed by atoms with Crippen LogP contribution in [0.15, 0.2) is 126 Å². The Morgan fingerprint density at radius 2 is 1.50 bits per heavy atom. The largest absolute Gasteiger partial charge is 0.315 e. The van der Waals surface area contributed by atoms with Crippen molar-refractivity contribution in [2.45, 2.75) is 25.8 Å². The molecule has 5 aromatic carbocycles. The number of hydrogen-bond donors (Lipinski definition) is 0. The van der Waals surface area contributed by atoms with Gasteiger partial charge in [-0.25, -0.2) is 5.01 Å².